The Labute approximate surface area is 359 Å². The number of nitrogens with one attached hydrogen (secondary N) is 2. The van der Waals surface area contributed by atoms with Crippen LogP contribution >= 0.6 is 0 Å². The summed E-state index contributed by atoms with van der Waals surface area (Å²) < 4.78 is 47.0. The summed E-state index contributed by atoms with van der Waals surface area (Å²) in [5.74, 6) is 1.33. The number of alkyl halides is 1. The summed E-state index contributed by atoms with van der Waals surface area (Å²) in [5.41, 5.74) is 3.20. The van der Waals surface area contributed by atoms with Gasteiger partial charge in [-0.1, -0.05) is 18.2 Å². The molecule has 4 aliphatic heterocycles. The van der Waals surface area contributed by atoms with E-state index in [1.54, 1.807) is 34.0 Å². The molecule has 0 bridgehead atoms. The second-order valence-corrected chi connectivity index (χ2v) is 20.1. The first kappa shape index (κ1) is 41.0. The number of likely N-dealkylation sites (tertiary alicyclic amines) is 1. The lowest BCUT2D eigenvalue weighted by molar-refractivity contribution is -0.121. The molecule has 5 atom stereocenters. The van der Waals surface area contributed by atoms with Gasteiger partial charge in [0.2, 0.25) is 27.8 Å². The van der Waals surface area contributed by atoms with Gasteiger partial charge in [-0.25, -0.2) is 22.6 Å². The number of amides is 4. The van der Waals surface area contributed by atoms with Crippen molar-refractivity contribution in [2.45, 2.75) is 118 Å². The highest BCUT2D eigenvalue weighted by atomic mass is 32.2. The lowest BCUT2D eigenvalue weighted by Gasteiger charge is -2.37. The quantitative estimate of drug-likeness (QED) is 0.213. The van der Waals surface area contributed by atoms with Gasteiger partial charge in [-0.15, -0.1) is 0 Å². The average molecular weight is 869 g/mol. The van der Waals surface area contributed by atoms with E-state index < -0.39 is 39.8 Å². The van der Waals surface area contributed by atoms with Crippen molar-refractivity contribution < 1.29 is 32.3 Å². The molecule has 10 rings (SSSR count). The number of imide groups is 1. The van der Waals surface area contributed by atoms with Crippen LogP contribution in [0.25, 0.3) is 10.9 Å². The van der Waals surface area contributed by atoms with E-state index in [4.69, 9.17) is 4.98 Å². The Morgan fingerprint density at radius 1 is 0.984 bits per heavy atom. The second kappa shape index (κ2) is 15.6. The van der Waals surface area contributed by atoms with Crippen molar-refractivity contribution >= 4 is 56.4 Å². The van der Waals surface area contributed by atoms with E-state index in [2.05, 4.69) is 44.7 Å². The molecular weight excluding hydrogens is 816 g/mol. The molecule has 2 saturated carbocycles. The maximum atomic E-state index is 16.0. The van der Waals surface area contributed by atoms with Crippen LogP contribution in [0.2, 0.25) is 0 Å². The third-order valence-electron chi connectivity index (χ3n) is 14.4. The normalized spacial score (nSPS) is 26.5. The number of sulfonamides is 1. The molecule has 18 heteroatoms. The summed E-state index contributed by atoms with van der Waals surface area (Å²) in [6, 6.07) is 11.9. The number of aromatic nitrogens is 4. The molecule has 328 valence electrons. The number of nitrogens with zero attached hydrogens (tertiary/aromatic N) is 8. The van der Waals surface area contributed by atoms with Crippen LogP contribution in [0, 0.1) is 0 Å². The lowest BCUT2D eigenvalue weighted by Crippen LogP contribution is -2.50. The van der Waals surface area contributed by atoms with E-state index in [1.165, 1.54) is 14.8 Å². The van der Waals surface area contributed by atoms with E-state index in [9.17, 15) is 27.9 Å². The Kier molecular flexibility index (Phi) is 10.3. The van der Waals surface area contributed by atoms with Crippen LogP contribution in [0.3, 0.4) is 0 Å². The minimum Gasteiger partial charge on any atom is -0.393 e. The van der Waals surface area contributed by atoms with Crippen molar-refractivity contribution in [3.05, 3.63) is 65.4 Å². The topological polar surface area (TPSA) is 186 Å². The minimum absolute atomic E-state index is 0.0163. The Hall–Kier alpha value is -5.04. The van der Waals surface area contributed by atoms with Gasteiger partial charge in [0.25, 0.3) is 0 Å². The first-order valence-corrected chi connectivity index (χ1v) is 23.5. The Bertz CT molecular complexity index is 2560. The van der Waals surface area contributed by atoms with Crippen molar-refractivity contribution in [3.8, 4) is 0 Å². The number of carbonyl (C=O) groups is 3. The van der Waals surface area contributed by atoms with Crippen LogP contribution in [0.1, 0.15) is 99.8 Å². The minimum atomic E-state index is -4.00. The van der Waals surface area contributed by atoms with Gasteiger partial charge in [-0.05, 0) is 119 Å². The molecular formula is C44H53FN10O6S. The summed E-state index contributed by atoms with van der Waals surface area (Å²) in [4.78, 5) is 52.9. The van der Waals surface area contributed by atoms with Gasteiger partial charge >= 0.3 is 6.03 Å². The van der Waals surface area contributed by atoms with Crippen molar-refractivity contribution in [3.63, 3.8) is 0 Å². The van der Waals surface area contributed by atoms with Crippen LogP contribution in [0.4, 0.5) is 26.8 Å². The Morgan fingerprint density at radius 2 is 1.79 bits per heavy atom. The van der Waals surface area contributed by atoms with E-state index in [0.29, 0.717) is 24.0 Å². The van der Waals surface area contributed by atoms with Gasteiger partial charge in [0.05, 0.1) is 28.0 Å². The molecule has 2 aromatic carbocycles. The molecule has 4 aromatic rings. The zero-order valence-electron chi connectivity index (χ0n) is 35.0. The summed E-state index contributed by atoms with van der Waals surface area (Å²) in [6.07, 6.45) is 6.26. The fourth-order valence-corrected chi connectivity index (χ4v) is 12.1. The van der Waals surface area contributed by atoms with Crippen molar-refractivity contribution in [1.82, 2.24) is 34.3 Å². The summed E-state index contributed by atoms with van der Waals surface area (Å²) in [7, 11) is -2.14. The van der Waals surface area contributed by atoms with Gasteiger partial charge in [-0.2, -0.15) is 14.4 Å². The highest BCUT2D eigenvalue weighted by Gasteiger charge is 2.61. The van der Waals surface area contributed by atoms with Crippen LogP contribution in [0.15, 0.2) is 53.6 Å². The number of aliphatic hydroxyl groups is 1. The molecule has 2 unspecified atom stereocenters. The van der Waals surface area contributed by atoms with E-state index in [1.807, 2.05) is 19.2 Å². The average Bonchev–Trinajstić information content (AvgIpc) is 3.96. The molecule has 5 fully saturated rings. The Morgan fingerprint density at radius 3 is 2.53 bits per heavy atom. The van der Waals surface area contributed by atoms with E-state index >= 15 is 4.39 Å². The van der Waals surface area contributed by atoms with Crippen molar-refractivity contribution in [2.75, 3.05) is 47.8 Å². The molecule has 1 spiro atoms. The van der Waals surface area contributed by atoms with Crippen LogP contribution in [0.5, 0.6) is 0 Å². The van der Waals surface area contributed by atoms with Gasteiger partial charge in [-0.3, -0.25) is 34.3 Å². The van der Waals surface area contributed by atoms with Crippen LogP contribution in [-0.4, -0.2) is 117 Å². The highest BCUT2D eigenvalue weighted by Crippen LogP contribution is 2.57. The maximum Gasteiger partial charge on any atom is 0.329 e. The number of anilines is 3. The number of piperidine rings is 2. The van der Waals surface area contributed by atoms with Gasteiger partial charge in [0, 0.05) is 62.3 Å². The number of halogens is 1. The van der Waals surface area contributed by atoms with Crippen molar-refractivity contribution in [2.24, 2.45) is 7.05 Å². The number of carbonyl (C=O) groups excluding carboxylic acids is 3. The Balaban J connectivity index is 0.767. The molecule has 2 aliphatic carbocycles. The van der Waals surface area contributed by atoms with Gasteiger partial charge < -0.3 is 10.4 Å². The summed E-state index contributed by atoms with van der Waals surface area (Å²) in [5, 5.41) is 21.4. The number of hydrogen-bond donors (Lipinski definition) is 3. The van der Waals surface area contributed by atoms with E-state index in [0.717, 1.165) is 80.1 Å². The number of aliphatic hydroxyl groups excluding tert-OH is 1. The molecule has 3 N–H and O–H groups in total. The molecule has 6 aliphatic rings. The standard InChI is InChI=1S/C44H53FN10O6S/c1-26(52-17-11-27(12-18-52)29-9-10-33-37(22-29)51(2)50-39(33)54-20-14-38(57)48-43(54)59)28-5-3-8-32(21-28)62(60,61)53-19-13-36(35(45)25-53)47-42-46-24-34-40(49-42)55(41(58)44(34)15-16-44)30-6-4-7-31(56)23-30/h3,5,8-10,21-22,24,26-27,30-31,35-36,56H,4,6-7,11-20,23,25H2,1-2H3,(H,46,47,49)(H,48,57,59)/t26-,30+,31?,35+,36?/m0/s1. The second-order valence-electron chi connectivity index (χ2n) is 18.1. The predicted octanol–water partition coefficient (Wildman–Crippen LogP) is 4.65. The van der Waals surface area contributed by atoms with Crippen LogP contribution in [-0.2, 0) is 32.1 Å². The fraction of sp³-hybridized carbons (Fsp3) is 0.545. The number of hydrogen-bond acceptors (Lipinski definition) is 11. The molecule has 62 heavy (non-hydrogen) atoms. The molecule has 6 heterocycles. The first-order chi connectivity index (χ1) is 29.8. The smallest absolute Gasteiger partial charge is 0.329 e. The number of benzene rings is 2. The highest BCUT2D eigenvalue weighted by molar-refractivity contribution is 7.89. The summed E-state index contributed by atoms with van der Waals surface area (Å²) >= 11 is 0. The fourth-order valence-electron chi connectivity index (χ4n) is 10.5. The molecule has 16 nitrogen and oxygen atoms in total. The molecule has 2 aromatic heterocycles. The summed E-state index contributed by atoms with van der Waals surface area (Å²) in [6.45, 7) is 3.81. The van der Waals surface area contributed by atoms with Crippen LogP contribution < -0.4 is 20.4 Å². The molecule has 3 saturated heterocycles. The largest absolute Gasteiger partial charge is 0.393 e. The molecule has 0 radical (unpaired) electrons. The van der Waals surface area contributed by atoms with Gasteiger partial charge in [0.15, 0.2) is 5.82 Å². The lowest BCUT2D eigenvalue weighted by atomic mass is 9.88. The number of fused-ring (bicyclic) bond motifs is 3. The number of aryl methyl sites for hydroxylation is 1. The molecule has 4 amide bonds. The zero-order chi connectivity index (χ0) is 43.1. The maximum absolute atomic E-state index is 16.0. The third-order valence-corrected chi connectivity index (χ3v) is 16.2. The first-order valence-electron chi connectivity index (χ1n) is 22.0. The number of urea groups is 1. The predicted molar refractivity (Wildman–Crippen MR) is 229 cm³/mol. The van der Waals surface area contributed by atoms with Gasteiger partial charge in [0.1, 0.15) is 12.0 Å². The monoisotopic (exact) mass is 868 g/mol. The van der Waals surface area contributed by atoms with Crippen molar-refractivity contribution in [1.29, 1.82) is 0 Å². The van der Waals surface area contributed by atoms with E-state index in [-0.39, 0.29) is 67.2 Å². The zero-order valence-corrected chi connectivity index (χ0v) is 35.9. The number of rotatable bonds is 9. The SMILES string of the molecule is C[C@@H](c1cccc(S(=O)(=O)N2CCC(Nc3ncc4c(n3)N([C@@H]3CCCC(O)C3)C(=O)C43CC3)[C@H](F)C2)c1)N1CCC(c2ccc3c(N4CCC(=O)NC4=O)nn(C)c3c2)CC1. The third kappa shape index (κ3) is 7.12.